The molecule has 0 heterocycles. The molecular weight excluding hydrogens is 570 g/mol. The normalized spacial score (nSPS) is 10.7. The first-order chi connectivity index (χ1) is 23.1. The number of hydrogen-bond donors (Lipinski definition) is 1. The van der Waals surface area contributed by atoms with E-state index in [1.807, 2.05) is 18.2 Å². The van der Waals surface area contributed by atoms with Gasteiger partial charge in [0.2, 0.25) is 6.71 Å². The highest BCUT2D eigenvalue weighted by molar-refractivity contribution is 6.95. The van der Waals surface area contributed by atoms with Crippen LogP contribution in [0.4, 0.5) is 0 Å². The van der Waals surface area contributed by atoms with Crippen LogP contribution >= 0.6 is 0 Å². The second kappa shape index (κ2) is 13.6. The Labute approximate surface area is 277 Å². The summed E-state index contributed by atoms with van der Waals surface area (Å²) >= 11 is 0. The molecule has 47 heavy (non-hydrogen) atoms. The average molecular weight is 601 g/mol. The number of carbonyl (C=O) groups is 1. The molecule has 4 heteroatoms. The fourth-order valence-electron chi connectivity index (χ4n) is 6.39. The zero-order chi connectivity index (χ0) is 32.0. The third-order valence-electron chi connectivity index (χ3n) is 8.65. The van der Waals surface area contributed by atoms with Gasteiger partial charge in [0.15, 0.2) is 7.28 Å². The molecule has 221 valence electrons. The highest BCUT2D eigenvalue weighted by Gasteiger charge is 2.23. The first-order valence-corrected chi connectivity index (χ1v) is 15.8. The Morgan fingerprint density at radius 1 is 0.447 bits per heavy atom. The fourth-order valence-corrected chi connectivity index (χ4v) is 6.39. The van der Waals surface area contributed by atoms with Gasteiger partial charge in [0.05, 0.1) is 5.56 Å². The quantitative estimate of drug-likeness (QED) is 0.191. The fraction of sp³-hybridized carbons (Fsp3) is 0. The van der Waals surface area contributed by atoms with E-state index >= 15 is 0 Å². The number of carboxylic acid groups (broad SMARTS) is 1. The van der Waals surface area contributed by atoms with Gasteiger partial charge in [-0.15, -0.1) is 0 Å². The van der Waals surface area contributed by atoms with Crippen molar-refractivity contribution in [1.82, 2.24) is 0 Å². The lowest BCUT2D eigenvalue weighted by molar-refractivity contribution is 0.0697. The zero-order valence-electron chi connectivity index (χ0n) is 25.8. The van der Waals surface area contributed by atoms with Gasteiger partial charge in [-0.3, -0.25) is 0 Å². The van der Waals surface area contributed by atoms with Gasteiger partial charge in [-0.05, 0) is 45.5 Å². The van der Waals surface area contributed by atoms with Gasteiger partial charge >= 0.3 is 5.97 Å². The lowest BCUT2D eigenvalue weighted by Crippen LogP contribution is -2.53. The van der Waals surface area contributed by atoms with Gasteiger partial charge in [0, 0.05) is 0 Å². The SMILES string of the molecule is O=C(O)c1ccc(-c2ccccc2-c2ccccc2[B]c2cccc(B(c3ccccc3)c3cccc(-c4ccccc4)c3)c2)cc1. The van der Waals surface area contributed by atoms with E-state index in [4.69, 9.17) is 0 Å². The van der Waals surface area contributed by atoms with E-state index in [0.717, 1.165) is 33.2 Å². The summed E-state index contributed by atoms with van der Waals surface area (Å²) in [6.07, 6.45) is 0. The van der Waals surface area contributed by atoms with Gasteiger partial charge in [-0.2, -0.15) is 0 Å². The van der Waals surface area contributed by atoms with Crippen LogP contribution in [0.3, 0.4) is 0 Å². The van der Waals surface area contributed by atoms with Crippen molar-refractivity contribution in [2.24, 2.45) is 0 Å². The lowest BCUT2D eigenvalue weighted by atomic mass is 9.36. The van der Waals surface area contributed by atoms with E-state index < -0.39 is 5.97 Å². The van der Waals surface area contributed by atoms with Crippen molar-refractivity contribution in [3.8, 4) is 33.4 Å². The summed E-state index contributed by atoms with van der Waals surface area (Å²) in [7, 11) is 2.26. The number of benzene rings is 7. The molecule has 0 saturated heterocycles. The zero-order valence-corrected chi connectivity index (χ0v) is 25.8. The van der Waals surface area contributed by atoms with Crippen molar-refractivity contribution < 1.29 is 9.90 Å². The van der Waals surface area contributed by atoms with Crippen LogP contribution in [-0.2, 0) is 0 Å². The molecule has 0 aliphatic carbocycles. The van der Waals surface area contributed by atoms with Gasteiger partial charge in [-0.25, -0.2) is 4.79 Å². The van der Waals surface area contributed by atoms with Crippen LogP contribution in [0.15, 0.2) is 182 Å². The molecular formula is C43H31B2O2. The molecule has 7 rings (SSSR count). The largest absolute Gasteiger partial charge is 0.478 e. The van der Waals surface area contributed by atoms with E-state index in [1.165, 1.54) is 27.5 Å². The molecule has 0 atom stereocenters. The number of hydrogen-bond acceptors (Lipinski definition) is 1. The minimum Gasteiger partial charge on any atom is -0.478 e. The Kier molecular flexibility index (Phi) is 8.66. The van der Waals surface area contributed by atoms with E-state index in [0.29, 0.717) is 0 Å². The van der Waals surface area contributed by atoms with Gasteiger partial charge < -0.3 is 5.11 Å². The molecule has 0 aromatic heterocycles. The standard InChI is InChI=1S/C43H31B2O2/c46-43(47)33-27-25-32(26-28-33)39-21-7-8-22-40(39)41-23-9-10-24-42(41)44-35-16-12-20-38(30-35)45(36-17-5-2-6-18-36)37-19-11-15-34(29-37)31-13-3-1-4-14-31/h1-30H,(H,46,47). The molecule has 0 aliphatic heterocycles. The van der Waals surface area contributed by atoms with Crippen molar-refractivity contribution in [2.75, 3.05) is 0 Å². The Balaban J connectivity index is 1.26. The molecule has 0 unspecified atom stereocenters. The Hall–Kier alpha value is -5.86. The number of carboxylic acids is 1. The summed E-state index contributed by atoms with van der Waals surface area (Å²) in [4.78, 5) is 11.5. The van der Waals surface area contributed by atoms with Crippen molar-refractivity contribution in [1.29, 1.82) is 0 Å². The molecule has 0 bridgehead atoms. The van der Waals surface area contributed by atoms with Crippen molar-refractivity contribution >= 4 is 47.3 Å². The molecule has 0 saturated carbocycles. The third kappa shape index (κ3) is 6.59. The maximum atomic E-state index is 11.5. The van der Waals surface area contributed by atoms with Crippen LogP contribution in [0, 0.1) is 0 Å². The van der Waals surface area contributed by atoms with Crippen molar-refractivity contribution in [3.63, 3.8) is 0 Å². The summed E-state index contributed by atoms with van der Waals surface area (Å²) in [6, 6.07) is 62.9. The monoisotopic (exact) mass is 601 g/mol. The van der Waals surface area contributed by atoms with Crippen LogP contribution in [0.2, 0.25) is 0 Å². The van der Waals surface area contributed by atoms with Crippen LogP contribution in [0.1, 0.15) is 10.4 Å². The maximum absolute atomic E-state index is 11.5. The molecule has 7 aromatic rings. The van der Waals surface area contributed by atoms with Gasteiger partial charge in [-0.1, -0.05) is 197 Å². The highest BCUT2D eigenvalue weighted by Crippen LogP contribution is 2.31. The third-order valence-corrected chi connectivity index (χ3v) is 8.65. The van der Waals surface area contributed by atoms with E-state index in [1.54, 1.807) is 12.1 Å². The molecule has 0 aliphatic rings. The van der Waals surface area contributed by atoms with Crippen LogP contribution in [0.5, 0.6) is 0 Å². The second-order valence-electron chi connectivity index (χ2n) is 11.7. The minimum absolute atomic E-state index is 0.0676. The topological polar surface area (TPSA) is 37.3 Å². The first kappa shape index (κ1) is 29.8. The summed E-state index contributed by atoms with van der Waals surface area (Å²) in [5, 5.41) is 9.39. The molecule has 1 radical (unpaired) electrons. The van der Waals surface area contributed by atoms with Gasteiger partial charge in [0.25, 0.3) is 0 Å². The van der Waals surface area contributed by atoms with Crippen molar-refractivity contribution in [2.45, 2.75) is 0 Å². The average Bonchev–Trinajstić information content (AvgIpc) is 3.13. The van der Waals surface area contributed by atoms with Crippen LogP contribution in [0.25, 0.3) is 33.4 Å². The van der Waals surface area contributed by atoms with E-state index in [9.17, 15) is 9.90 Å². The molecule has 0 amide bonds. The van der Waals surface area contributed by atoms with E-state index in [2.05, 4.69) is 159 Å². The number of aromatic carboxylic acids is 1. The summed E-state index contributed by atoms with van der Waals surface area (Å²) in [5.74, 6) is -0.926. The molecule has 7 aromatic carbocycles. The Bertz CT molecular complexity index is 2140. The predicted octanol–water partition coefficient (Wildman–Crippen LogP) is 6.56. The molecule has 0 spiro atoms. The summed E-state index contributed by atoms with van der Waals surface area (Å²) < 4.78 is 0. The van der Waals surface area contributed by atoms with E-state index in [-0.39, 0.29) is 12.3 Å². The molecule has 1 N–H and O–H groups in total. The highest BCUT2D eigenvalue weighted by atomic mass is 16.4. The van der Waals surface area contributed by atoms with Crippen LogP contribution < -0.4 is 27.3 Å². The number of rotatable bonds is 9. The Morgan fingerprint density at radius 3 is 1.72 bits per heavy atom. The maximum Gasteiger partial charge on any atom is 0.335 e. The van der Waals surface area contributed by atoms with Gasteiger partial charge in [0.1, 0.15) is 0 Å². The molecule has 2 nitrogen and oxygen atoms in total. The Morgan fingerprint density at radius 2 is 1.00 bits per heavy atom. The van der Waals surface area contributed by atoms with Crippen molar-refractivity contribution in [3.05, 3.63) is 188 Å². The lowest BCUT2D eigenvalue weighted by Gasteiger charge is -2.18. The second-order valence-corrected chi connectivity index (χ2v) is 11.7. The van der Waals surface area contributed by atoms with Crippen LogP contribution in [-0.4, -0.2) is 25.1 Å². The first-order valence-electron chi connectivity index (χ1n) is 15.8. The predicted molar refractivity (Wildman–Crippen MR) is 199 cm³/mol. The minimum atomic E-state index is -0.926. The summed E-state index contributed by atoms with van der Waals surface area (Å²) in [6.45, 7) is 0.0676. The summed E-state index contributed by atoms with van der Waals surface area (Å²) in [5.41, 5.74) is 12.9. The smallest absolute Gasteiger partial charge is 0.335 e. The molecule has 0 fully saturated rings.